The van der Waals surface area contributed by atoms with E-state index in [9.17, 15) is 18.9 Å². The van der Waals surface area contributed by atoms with Gasteiger partial charge in [-0.05, 0) is 32.4 Å². The minimum absolute atomic E-state index is 0.0134. The first-order valence-electron chi connectivity index (χ1n) is 12.9. The summed E-state index contributed by atoms with van der Waals surface area (Å²) in [6.45, 7) is 4.69. The summed E-state index contributed by atoms with van der Waals surface area (Å²) in [7, 11) is -4.19. The van der Waals surface area contributed by atoms with Gasteiger partial charge in [-0.1, -0.05) is 25.1 Å². The van der Waals surface area contributed by atoms with Gasteiger partial charge < -0.3 is 23.5 Å². The zero-order valence-corrected chi connectivity index (χ0v) is 23.2. The van der Waals surface area contributed by atoms with Crippen molar-refractivity contribution in [1.29, 1.82) is 0 Å². The second-order valence-corrected chi connectivity index (χ2v) is 11.3. The van der Waals surface area contributed by atoms with E-state index in [-0.39, 0.29) is 12.2 Å². The van der Waals surface area contributed by atoms with Gasteiger partial charge in [-0.25, -0.2) is 18.8 Å². The van der Waals surface area contributed by atoms with Crippen molar-refractivity contribution in [2.24, 2.45) is 0 Å². The van der Waals surface area contributed by atoms with Crippen LogP contribution in [-0.4, -0.2) is 65.5 Å². The van der Waals surface area contributed by atoms with Gasteiger partial charge >= 0.3 is 19.4 Å². The summed E-state index contributed by atoms with van der Waals surface area (Å²) in [4.78, 5) is 38.4. The van der Waals surface area contributed by atoms with Gasteiger partial charge in [0, 0.05) is 18.7 Å². The number of aromatic nitrogens is 2. The fourth-order valence-electron chi connectivity index (χ4n) is 4.40. The van der Waals surface area contributed by atoms with Crippen LogP contribution in [0.1, 0.15) is 39.8 Å². The third-order valence-electron chi connectivity index (χ3n) is 6.29. The van der Waals surface area contributed by atoms with Gasteiger partial charge in [-0.2, -0.15) is 0 Å². The van der Waals surface area contributed by atoms with Crippen LogP contribution in [0.15, 0.2) is 52.2 Å². The summed E-state index contributed by atoms with van der Waals surface area (Å²) in [6, 6.07) is 8.64. The predicted molar refractivity (Wildman–Crippen MR) is 138 cm³/mol. The quantitative estimate of drug-likeness (QED) is 0.279. The van der Waals surface area contributed by atoms with Crippen LogP contribution in [0, 0.1) is 0 Å². The SMILES string of the molecule is CCCC(=O)OC1C(COP(=O)(N[C@@H](C)C2OCCO2)Oc2ccccc2)OC(n2ccc(=O)[nH]c2=O)C1(C)F. The number of aromatic amines is 1. The average molecular weight is 586 g/mol. The Hall–Kier alpha value is -2.87. The molecule has 5 unspecified atom stereocenters. The van der Waals surface area contributed by atoms with Crippen LogP contribution in [0.3, 0.4) is 0 Å². The third kappa shape index (κ3) is 7.06. The van der Waals surface area contributed by atoms with Crippen LogP contribution in [-0.2, 0) is 32.8 Å². The van der Waals surface area contributed by atoms with E-state index in [0.717, 1.165) is 23.8 Å². The first kappa shape index (κ1) is 30.1. The average Bonchev–Trinajstić information content (AvgIpc) is 3.51. The van der Waals surface area contributed by atoms with Crippen LogP contribution >= 0.6 is 7.75 Å². The Balaban J connectivity index is 1.60. The number of alkyl halides is 1. The lowest BCUT2D eigenvalue weighted by Crippen LogP contribution is -2.46. The molecule has 0 radical (unpaired) electrons. The molecule has 40 heavy (non-hydrogen) atoms. The van der Waals surface area contributed by atoms with E-state index in [4.69, 9.17) is 28.0 Å². The Morgan fingerprint density at radius 2 is 1.95 bits per heavy atom. The van der Waals surface area contributed by atoms with Crippen LogP contribution < -0.4 is 20.9 Å². The summed E-state index contributed by atoms with van der Waals surface area (Å²) < 4.78 is 64.7. The molecule has 2 aromatic rings. The number of H-pyrrole nitrogens is 1. The number of para-hydroxylation sites is 1. The Kier molecular flexibility index (Phi) is 9.60. The Bertz CT molecular complexity index is 1310. The molecule has 0 saturated carbocycles. The molecule has 2 N–H and O–H groups in total. The molecule has 220 valence electrons. The first-order chi connectivity index (χ1) is 19.0. The number of benzene rings is 1. The lowest BCUT2D eigenvalue weighted by atomic mass is 9.98. The maximum atomic E-state index is 16.3. The fourth-order valence-corrected chi connectivity index (χ4v) is 5.95. The first-order valence-corrected chi connectivity index (χ1v) is 14.4. The molecule has 2 saturated heterocycles. The zero-order chi connectivity index (χ0) is 28.9. The number of hydrogen-bond donors (Lipinski definition) is 2. The molecular formula is C25H33FN3O10P. The number of esters is 1. The van der Waals surface area contributed by atoms with Crippen molar-refractivity contribution in [3.05, 3.63) is 63.4 Å². The smallest absolute Gasteiger partial charge is 0.456 e. The van der Waals surface area contributed by atoms with Crippen LogP contribution in [0.2, 0.25) is 0 Å². The maximum absolute atomic E-state index is 16.3. The van der Waals surface area contributed by atoms with Gasteiger partial charge in [-0.3, -0.25) is 23.7 Å². The van der Waals surface area contributed by atoms with Gasteiger partial charge in [0.2, 0.25) is 0 Å². The zero-order valence-electron chi connectivity index (χ0n) is 22.3. The summed E-state index contributed by atoms with van der Waals surface area (Å²) in [5, 5.41) is 2.77. The summed E-state index contributed by atoms with van der Waals surface area (Å²) >= 11 is 0. The Morgan fingerprint density at radius 3 is 2.60 bits per heavy atom. The van der Waals surface area contributed by atoms with Crippen molar-refractivity contribution in [1.82, 2.24) is 14.6 Å². The highest BCUT2D eigenvalue weighted by atomic mass is 31.2. The number of hydrogen-bond acceptors (Lipinski definition) is 10. The van der Waals surface area contributed by atoms with Crippen molar-refractivity contribution >= 4 is 13.7 Å². The van der Waals surface area contributed by atoms with Gasteiger partial charge in [0.05, 0.1) is 25.9 Å². The van der Waals surface area contributed by atoms with Crippen molar-refractivity contribution in [3.63, 3.8) is 0 Å². The molecule has 13 nitrogen and oxygen atoms in total. The normalized spacial score (nSPS) is 27.2. The van der Waals surface area contributed by atoms with E-state index in [1.807, 2.05) is 4.98 Å². The van der Waals surface area contributed by atoms with Gasteiger partial charge in [0.15, 0.2) is 24.3 Å². The fraction of sp³-hybridized carbons (Fsp3) is 0.560. The van der Waals surface area contributed by atoms with E-state index in [1.165, 1.54) is 0 Å². The van der Waals surface area contributed by atoms with E-state index in [2.05, 4.69) is 5.09 Å². The lowest BCUT2D eigenvalue weighted by Gasteiger charge is -2.29. The highest BCUT2D eigenvalue weighted by Crippen LogP contribution is 2.48. The van der Waals surface area contributed by atoms with Crippen molar-refractivity contribution in [2.75, 3.05) is 19.8 Å². The minimum Gasteiger partial charge on any atom is -0.456 e. The predicted octanol–water partition coefficient (Wildman–Crippen LogP) is 2.43. The van der Waals surface area contributed by atoms with Crippen molar-refractivity contribution in [2.45, 2.75) is 70.0 Å². The van der Waals surface area contributed by atoms with E-state index in [1.54, 1.807) is 44.2 Å². The topological polar surface area (TPSA) is 156 Å². The monoisotopic (exact) mass is 585 g/mol. The summed E-state index contributed by atoms with van der Waals surface area (Å²) in [5.41, 5.74) is -4.05. The second-order valence-electron chi connectivity index (χ2n) is 9.58. The molecule has 0 aliphatic carbocycles. The molecule has 15 heteroatoms. The number of nitrogens with one attached hydrogen (secondary N) is 2. The highest BCUT2D eigenvalue weighted by molar-refractivity contribution is 7.52. The molecule has 0 amide bonds. The van der Waals surface area contributed by atoms with Gasteiger partial charge in [0.1, 0.15) is 11.9 Å². The minimum atomic E-state index is -4.19. The van der Waals surface area contributed by atoms with Crippen LogP contribution in [0.5, 0.6) is 5.75 Å². The van der Waals surface area contributed by atoms with Gasteiger partial charge in [0.25, 0.3) is 5.56 Å². The number of rotatable bonds is 12. The standard InChI is InChI=1S/C25H33FN3O10P/c1-4-8-20(31)38-21-18(37-23(25(21,3)26)29-12-11-19(30)27-24(29)32)15-36-40(33,39-17-9-6-5-7-10-17)28-16(2)22-34-13-14-35-22/h5-7,9-12,16,18,21-23H,4,8,13-15H2,1-3H3,(H,28,33)(H,27,30,32)/t16-,18?,21?,23?,25?,40?/m0/s1. The molecule has 6 atom stereocenters. The Morgan fingerprint density at radius 1 is 1.25 bits per heavy atom. The largest absolute Gasteiger partial charge is 0.459 e. The number of ether oxygens (including phenoxy) is 4. The summed E-state index contributed by atoms with van der Waals surface area (Å²) in [5.74, 6) is -0.463. The number of nitrogens with zero attached hydrogens (tertiary/aromatic N) is 1. The second kappa shape index (κ2) is 12.8. The Labute approximate surface area is 229 Å². The molecule has 0 bridgehead atoms. The molecular weight excluding hydrogens is 552 g/mol. The molecule has 0 spiro atoms. The molecule has 4 rings (SSSR count). The lowest BCUT2D eigenvalue weighted by molar-refractivity contribution is -0.158. The van der Waals surface area contributed by atoms with Crippen molar-refractivity contribution < 1.29 is 41.7 Å². The van der Waals surface area contributed by atoms with Gasteiger partial charge in [-0.15, -0.1) is 0 Å². The van der Waals surface area contributed by atoms with E-state index in [0.29, 0.717) is 19.6 Å². The van der Waals surface area contributed by atoms with Crippen LogP contribution in [0.25, 0.3) is 0 Å². The third-order valence-corrected chi connectivity index (χ3v) is 7.96. The van der Waals surface area contributed by atoms with E-state index >= 15 is 4.39 Å². The molecule has 3 heterocycles. The number of carbonyl (C=O) groups is 1. The molecule has 2 aliphatic rings. The van der Waals surface area contributed by atoms with E-state index < -0.39 is 68.0 Å². The summed E-state index contributed by atoms with van der Waals surface area (Å²) in [6.07, 6.45) is -3.65. The molecule has 1 aromatic heterocycles. The highest BCUT2D eigenvalue weighted by Gasteiger charge is 2.58. The molecule has 2 fully saturated rings. The molecule has 1 aromatic carbocycles. The molecule has 2 aliphatic heterocycles. The maximum Gasteiger partial charge on any atom is 0.459 e. The number of carbonyl (C=O) groups excluding carboxylic acids is 1. The van der Waals surface area contributed by atoms with Crippen molar-refractivity contribution in [3.8, 4) is 5.75 Å². The number of halogens is 1. The van der Waals surface area contributed by atoms with Crippen LogP contribution in [0.4, 0.5) is 4.39 Å².